The zero-order valence-corrected chi connectivity index (χ0v) is 18.8. The Labute approximate surface area is 182 Å². The predicted molar refractivity (Wildman–Crippen MR) is 119 cm³/mol. The molecule has 158 valence electrons. The lowest BCUT2D eigenvalue weighted by Crippen LogP contribution is -2.21. The van der Waals surface area contributed by atoms with Crippen molar-refractivity contribution in [3.63, 3.8) is 0 Å². The van der Waals surface area contributed by atoms with Gasteiger partial charge in [0, 0.05) is 22.0 Å². The number of nitrogens with two attached hydrogens (primary N) is 1. The predicted octanol–water partition coefficient (Wildman–Crippen LogP) is 3.53. The summed E-state index contributed by atoms with van der Waals surface area (Å²) < 4.78 is 4.86. The summed E-state index contributed by atoms with van der Waals surface area (Å²) in [5, 5.41) is 29.1. The monoisotopic (exact) mass is 443 g/mol. The van der Waals surface area contributed by atoms with E-state index < -0.39 is 22.3 Å². The van der Waals surface area contributed by atoms with Crippen LogP contribution in [0.1, 0.15) is 59.5 Å². The first-order chi connectivity index (χ1) is 14.4. The van der Waals surface area contributed by atoms with Crippen molar-refractivity contribution >= 4 is 33.9 Å². The van der Waals surface area contributed by atoms with Crippen molar-refractivity contribution in [3.8, 4) is 6.07 Å². The molecule has 0 spiro atoms. The number of carbonyl (C=O) groups excluding carboxylic acids is 1. The highest BCUT2D eigenvalue weighted by molar-refractivity contribution is 7.87. The number of aromatic nitrogens is 1. The van der Waals surface area contributed by atoms with E-state index >= 15 is 0 Å². The van der Waals surface area contributed by atoms with Crippen LogP contribution in [0.5, 0.6) is 0 Å². The van der Waals surface area contributed by atoms with Crippen LogP contribution in [0.2, 0.25) is 0 Å². The number of nitriles is 1. The fraction of sp³-hybridized carbons (Fsp3) is 0.476. The maximum atomic E-state index is 12.7. The smallest absolute Gasteiger partial charge is 0.352 e. The molecule has 4 rings (SSSR count). The van der Waals surface area contributed by atoms with Gasteiger partial charge >= 0.3 is 6.03 Å². The summed E-state index contributed by atoms with van der Waals surface area (Å²) in [5.41, 5.74) is 5.60. The van der Waals surface area contributed by atoms with Gasteiger partial charge in [0.15, 0.2) is 0 Å². The number of aliphatic hydroxyl groups excluding tert-OH is 1. The molecule has 1 unspecified atom stereocenters. The molecule has 1 aromatic heterocycles. The van der Waals surface area contributed by atoms with E-state index in [0.717, 1.165) is 77.0 Å². The maximum absolute atomic E-state index is 12.7. The molecule has 0 aliphatic heterocycles. The van der Waals surface area contributed by atoms with Crippen molar-refractivity contribution in [3.05, 3.63) is 39.0 Å². The lowest BCUT2D eigenvalue weighted by Gasteiger charge is -2.17. The molecule has 2 aromatic rings. The summed E-state index contributed by atoms with van der Waals surface area (Å²) in [4.78, 5) is 17.1. The third kappa shape index (κ3) is 3.69. The van der Waals surface area contributed by atoms with Gasteiger partial charge in [-0.2, -0.15) is 9.62 Å². The van der Waals surface area contributed by atoms with E-state index in [2.05, 4.69) is 20.7 Å². The fourth-order valence-electron chi connectivity index (χ4n) is 4.24. The Kier molecular flexibility index (Phi) is 5.77. The topological polar surface area (TPSA) is 124 Å². The largest absolute Gasteiger partial charge is 0.395 e. The highest BCUT2D eigenvalue weighted by atomic mass is 32.2. The van der Waals surface area contributed by atoms with Crippen molar-refractivity contribution in [1.82, 2.24) is 4.98 Å². The van der Waals surface area contributed by atoms with Crippen molar-refractivity contribution < 1.29 is 9.90 Å². The quantitative estimate of drug-likeness (QED) is 0.667. The van der Waals surface area contributed by atoms with Crippen LogP contribution in [0.3, 0.4) is 0 Å². The minimum atomic E-state index is -1.12. The molecule has 9 heteroatoms. The van der Waals surface area contributed by atoms with Crippen LogP contribution < -0.4 is 10.5 Å². The molecule has 4 N–H and O–H groups in total. The second-order valence-corrected chi connectivity index (χ2v) is 10.9. The minimum absolute atomic E-state index is 0.0230. The van der Waals surface area contributed by atoms with Crippen LogP contribution in [0.25, 0.3) is 0 Å². The van der Waals surface area contributed by atoms with Crippen molar-refractivity contribution in [2.24, 2.45) is 9.50 Å². The Morgan fingerprint density at radius 1 is 1.30 bits per heavy atom. The third-order valence-electron chi connectivity index (χ3n) is 5.83. The van der Waals surface area contributed by atoms with Gasteiger partial charge in [-0.3, -0.25) is 5.14 Å². The van der Waals surface area contributed by atoms with Gasteiger partial charge in [-0.05, 0) is 60.8 Å². The first-order valence-electron chi connectivity index (χ1n) is 10.0. The Morgan fingerprint density at radius 2 is 1.90 bits per heavy atom. The summed E-state index contributed by atoms with van der Waals surface area (Å²) in [6.45, 7) is 3.78. The molecule has 0 radical (unpaired) electrons. The number of hydrogen-bond donors (Lipinski definition) is 3. The molecule has 2 amide bonds. The second kappa shape index (κ2) is 8.19. The Balaban J connectivity index is 1.62. The summed E-state index contributed by atoms with van der Waals surface area (Å²) in [7, 11) is -1.12. The Morgan fingerprint density at radius 3 is 2.47 bits per heavy atom. The number of urea groups is 1. The van der Waals surface area contributed by atoms with Gasteiger partial charge in [0.1, 0.15) is 9.22 Å². The molecular weight excluding hydrogens is 418 g/mol. The van der Waals surface area contributed by atoms with Gasteiger partial charge < -0.3 is 10.4 Å². The number of aliphatic hydroxyl groups is 1. The fourth-order valence-corrected chi connectivity index (χ4v) is 6.15. The molecule has 1 atom stereocenters. The number of hydrogen-bond acceptors (Lipinski definition) is 5. The zero-order chi connectivity index (χ0) is 21.5. The molecule has 1 heterocycles. The van der Waals surface area contributed by atoms with Crippen molar-refractivity contribution in [2.45, 2.75) is 62.0 Å². The number of rotatable bonds is 4. The van der Waals surface area contributed by atoms with E-state index in [-0.39, 0.29) is 6.61 Å². The molecule has 2 aliphatic carbocycles. The minimum Gasteiger partial charge on any atom is -0.395 e. The highest BCUT2D eigenvalue weighted by Crippen LogP contribution is 2.41. The van der Waals surface area contributed by atoms with Gasteiger partial charge in [0.05, 0.1) is 24.4 Å². The number of nitrogens with one attached hydrogen (secondary N) is 1. The molecular formula is C21H25N5O2S2. The first-order valence-corrected chi connectivity index (χ1v) is 12.1. The van der Waals surface area contributed by atoms with E-state index in [1.54, 1.807) is 6.20 Å². The lowest BCUT2D eigenvalue weighted by atomic mass is 9.93. The third-order valence-corrected chi connectivity index (χ3v) is 8.63. The van der Waals surface area contributed by atoms with Crippen LogP contribution >= 0.6 is 11.3 Å². The van der Waals surface area contributed by atoms with Crippen molar-refractivity contribution in [2.75, 3.05) is 11.9 Å². The average Bonchev–Trinajstić information content (AvgIpc) is 3.47. The van der Waals surface area contributed by atoms with E-state index in [1.165, 1.54) is 11.3 Å². The summed E-state index contributed by atoms with van der Waals surface area (Å²) in [5.74, 6) is 0. The normalized spacial score (nSPS) is 16.2. The molecule has 0 saturated carbocycles. The summed E-state index contributed by atoms with van der Waals surface area (Å²) in [6.07, 6.45) is 7.14. The molecule has 0 saturated heterocycles. The first kappa shape index (κ1) is 21.1. The van der Waals surface area contributed by atoms with Gasteiger partial charge in [-0.1, -0.05) is 13.8 Å². The number of thiazole rings is 1. The highest BCUT2D eigenvalue weighted by Gasteiger charge is 2.29. The van der Waals surface area contributed by atoms with Crippen molar-refractivity contribution in [1.29, 1.82) is 5.26 Å². The second-order valence-electron chi connectivity index (χ2n) is 8.35. The molecule has 2 aliphatic rings. The molecule has 30 heavy (non-hydrogen) atoms. The van der Waals surface area contributed by atoms with Crippen LogP contribution in [0.4, 0.5) is 10.5 Å². The number of anilines is 1. The lowest BCUT2D eigenvalue weighted by molar-refractivity contribution is 0.218. The van der Waals surface area contributed by atoms with E-state index in [0.29, 0.717) is 4.21 Å². The Bertz CT molecular complexity index is 1060. The maximum Gasteiger partial charge on any atom is 0.352 e. The van der Waals surface area contributed by atoms with Crippen LogP contribution in [0, 0.1) is 11.3 Å². The number of carbonyl (C=O) groups is 1. The Hall–Kier alpha value is -2.12. The van der Waals surface area contributed by atoms with Crippen LogP contribution in [-0.2, 0) is 42.0 Å². The number of nitrogens with zero attached hydrogens (tertiary/aromatic N) is 3. The number of fused-ring (bicyclic) bond motifs is 2. The molecule has 7 nitrogen and oxygen atoms in total. The standard InChI is InChI=1S/C21H25N5O2S2/c1-21(2,11-27)19-24-10-17(29-19)30(23)26-20(28)25-18-14-7-3-5-12(14)16(9-22)13-6-4-8-15(13)18/h10,27H,3-8,11H2,1-2H3,(H3,23,25,26,28). The van der Waals surface area contributed by atoms with Gasteiger partial charge in [0.2, 0.25) is 0 Å². The van der Waals surface area contributed by atoms with E-state index in [9.17, 15) is 15.2 Å². The van der Waals surface area contributed by atoms with E-state index in [4.69, 9.17) is 5.14 Å². The summed E-state index contributed by atoms with van der Waals surface area (Å²) in [6, 6.07) is 1.94. The van der Waals surface area contributed by atoms with Gasteiger partial charge in [0.25, 0.3) is 0 Å². The number of amides is 2. The molecule has 1 aromatic carbocycles. The SMILES string of the molecule is CC(C)(CO)c1ncc(/S(N)=N/C(=O)Nc2c3c(c(C#N)c4c2CCC4)CCC3)s1. The molecule has 0 fully saturated rings. The zero-order valence-electron chi connectivity index (χ0n) is 17.1. The van der Waals surface area contributed by atoms with Gasteiger partial charge in [-0.15, -0.1) is 11.3 Å². The average molecular weight is 444 g/mol. The molecule has 0 bridgehead atoms. The summed E-state index contributed by atoms with van der Waals surface area (Å²) >= 11 is 1.37. The number of benzene rings is 1. The van der Waals surface area contributed by atoms with Crippen LogP contribution in [-0.4, -0.2) is 22.7 Å². The van der Waals surface area contributed by atoms with E-state index in [1.807, 2.05) is 13.8 Å². The van der Waals surface area contributed by atoms with Gasteiger partial charge in [-0.25, -0.2) is 9.78 Å². The van der Waals surface area contributed by atoms with Crippen LogP contribution in [0.15, 0.2) is 14.8 Å².